The van der Waals surface area contributed by atoms with E-state index >= 15 is 0 Å². The van der Waals surface area contributed by atoms with E-state index in [9.17, 15) is 14.3 Å². The molecule has 1 aliphatic heterocycles. The van der Waals surface area contributed by atoms with Crippen LogP contribution in [0.25, 0.3) is 0 Å². The van der Waals surface area contributed by atoms with E-state index in [0.29, 0.717) is 12.1 Å². The van der Waals surface area contributed by atoms with Gasteiger partial charge in [0, 0.05) is 11.7 Å². The molecule has 4 nitrogen and oxygen atoms in total. The lowest BCUT2D eigenvalue weighted by Gasteiger charge is -2.37. The number of nitrogens with one attached hydrogen (secondary N) is 1. The molecule has 2 rings (SSSR count). The third kappa shape index (κ3) is 4.51. The number of benzene rings is 1. The van der Waals surface area contributed by atoms with Crippen LogP contribution in [0.2, 0.25) is 0 Å². The second-order valence-electron chi connectivity index (χ2n) is 5.57. The van der Waals surface area contributed by atoms with Gasteiger partial charge in [-0.15, -0.1) is 0 Å². The van der Waals surface area contributed by atoms with E-state index in [4.69, 9.17) is 0 Å². The summed E-state index contributed by atoms with van der Waals surface area (Å²) >= 11 is 0. The highest BCUT2D eigenvalue weighted by molar-refractivity contribution is 5.92. The van der Waals surface area contributed by atoms with Gasteiger partial charge in [-0.1, -0.05) is 19.4 Å². The van der Waals surface area contributed by atoms with Crippen LogP contribution < -0.4 is 5.32 Å². The molecule has 1 heterocycles. The molecule has 0 bridgehead atoms. The number of anilines is 1. The number of hydrogen-bond acceptors (Lipinski definition) is 3. The van der Waals surface area contributed by atoms with Crippen molar-refractivity contribution in [3.8, 4) is 0 Å². The van der Waals surface area contributed by atoms with Crippen LogP contribution in [0.4, 0.5) is 10.1 Å². The molecule has 2 N–H and O–H groups in total. The van der Waals surface area contributed by atoms with Crippen LogP contribution in [0.5, 0.6) is 0 Å². The molecule has 0 saturated carbocycles. The maximum atomic E-state index is 13.1. The number of carbonyl (C=O) groups is 1. The van der Waals surface area contributed by atoms with E-state index in [-0.39, 0.29) is 24.3 Å². The van der Waals surface area contributed by atoms with Crippen LogP contribution in [-0.2, 0) is 4.79 Å². The average molecular weight is 294 g/mol. The van der Waals surface area contributed by atoms with Gasteiger partial charge >= 0.3 is 0 Å². The number of aliphatic hydroxyl groups is 1. The summed E-state index contributed by atoms with van der Waals surface area (Å²) in [7, 11) is 0. The normalized spacial score (nSPS) is 21.0. The van der Waals surface area contributed by atoms with Crippen molar-refractivity contribution in [2.75, 3.05) is 18.4 Å². The number of carbonyl (C=O) groups excluding carboxylic acids is 1. The van der Waals surface area contributed by atoms with Gasteiger partial charge in [0.05, 0.1) is 12.6 Å². The SMILES string of the molecule is CCC(O)C1CCCCN1CC(=O)Nc1cccc(F)c1. The Kier molecular flexibility index (Phi) is 5.70. The molecule has 1 fully saturated rings. The lowest BCUT2D eigenvalue weighted by atomic mass is 9.96. The zero-order valence-electron chi connectivity index (χ0n) is 12.4. The van der Waals surface area contributed by atoms with E-state index in [1.54, 1.807) is 12.1 Å². The molecule has 0 aliphatic carbocycles. The van der Waals surface area contributed by atoms with E-state index in [1.165, 1.54) is 12.1 Å². The standard InChI is InChI=1S/C16H23FN2O2/c1-2-15(20)14-8-3-4-9-19(14)11-16(21)18-13-7-5-6-12(17)10-13/h5-7,10,14-15,20H,2-4,8-9,11H2,1H3,(H,18,21). The topological polar surface area (TPSA) is 52.6 Å². The van der Waals surface area contributed by atoms with Crippen molar-refractivity contribution in [2.45, 2.75) is 44.8 Å². The summed E-state index contributed by atoms with van der Waals surface area (Å²) in [4.78, 5) is 14.1. The summed E-state index contributed by atoms with van der Waals surface area (Å²) in [6.07, 6.45) is 3.34. The number of rotatable bonds is 5. The van der Waals surface area contributed by atoms with Crippen LogP contribution >= 0.6 is 0 Å². The Hall–Kier alpha value is -1.46. The quantitative estimate of drug-likeness (QED) is 0.876. The first kappa shape index (κ1) is 15.9. The zero-order chi connectivity index (χ0) is 15.2. The molecule has 1 saturated heterocycles. The number of hydrogen-bond donors (Lipinski definition) is 2. The summed E-state index contributed by atoms with van der Waals surface area (Å²) in [5.41, 5.74) is 0.463. The fraction of sp³-hybridized carbons (Fsp3) is 0.562. The maximum Gasteiger partial charge on any atom is 0.238 e. The number of likely N-dealkylation sites (tertiary alicyclic amines) is 1. The first-order valence-corrected chi connectivity index (χ1v) is 7.57. The molecular weight excluding hydrogens is 271 g/mol. The van der Waals surface area contributed by atoms with Crippen molar-refractivity contribution in [1.29, 1.82) is 0 Å². The Balaban J connectivity index is 1.94. The number of halogens is 1. The lowest BCUT2D eigenvalue weighted by molar-refractivity contribution is -0.119. The molecule has 5 heteroatoms. The van der Waals surface area contributed by atoms with Crippen LogP contribution in [0.3, 0.4) is 0 Å². The van der Waals surface area contributed by atoms with E-state index in [2.05, 4.69) is 5.32 Å². The molecule has 1 amide bonds. The van der Waals surface area contributed by atoms with Crippen molar-refractivity contribution >= 4 is 11.6 Å². The zero-order valence-corrected chi connectivity index (χ0v) is 12.4. The van der Waals surface area contributed by atoms with Crippen molar-refractivity contribution in [1.82, 2.24) is 4.90 Å². The summed E-state index contributed by atoms with van der Waals surface area (Å²) in [6.45, 7) is 3.00. The van der Waals surface area contributed by atoms with Crippen LogP contribution in [0.1, 0.15) is 32.6 Å². The van der Waals surface area contributed by atoms with Gasteiger partial charge in [0.15, 0.2) is 0 Å². The predicted molar refractivity (Wildman–Crippen MR) is 80.5 cm³/mol. The van der Waals surface area contributed by atoms with Gasteiger partial charge in [-0.3, -0.25) is 9.69 Å². The van der Waals surface area contributed by atoms with Crippen molar-refractivity contribution in [3.63, 3.8) is 0 Å². The minimum Gasteiger partial charge on any atom is -0.392 e. The lowest BCUT2D eigenvalue weighted by Crippen LogP contribution is -2.49. The summed E-state index contributed by atoms with van der Waals surface area (Å²) < 4.78 is 13.1. The molecule has 1 aromatic rings. The highest BCUT2D eigenvalue weighted by Gasteiger charge is 2.28. The van der Waals surface area contributed by atoms with Gasteiger partial charge in [0.25, 0.3) is 0 Å². The molecule has 21 heavy (non-hydrogen) atoms. The van der Waals surface area contributed by atoms with Crippen LogP contribution in [0, 0.1) is 5.82 Å². The van der Waals surface area contributed by atoms with Gasteiger partial charge in [-0.2, -0.15) is 0 Å². The van der Waals surface area contributed by atoms with Gasteiger partial charge in [0.2, 0.25) is 5.91 Å². The number of amides is 1. The van der Waals surface area contributed by atoms with Crippen LogP contribution in [-0.4, -0.2) is 41.1 Å². The van der Waals surface area contributed by atoms with Crippen LogP contribution in [0.15, 0.2) is 24.3 Å². The number of nitrogens with zero attached hydrogens (tertiary/aromatic N) is 1. The first-order chi connectivity index (χ1) is 10.1. The number of aliphatic hydroxyl groups excluding tert-OH is 1. The molecule has 2 atom stereocenters. The second-order valence-corrected chi connectivity index (χ2v) is 5.57. The van der Waals surface area contributed by atoms with Gasteiger partial charge in [-0.05, 0) is 44.0 Å². The fourth-order valence-corrected chi connectivity index (χ4v) is 2.87. The highest BCUT2D eigenvalue weighted by Crippen LogP contribution is 2.21. The molecule has 2 unspecified atom stereocenters. The molecular formula is C16H23FN2O2. The Bertz CT molecular complexity index is 481. The monoisotopic (exact) mass is 294 g/mol. The summed E-state index contributed by atoms with van der Waals surface area (Å²) in [5.74, 6) is -0.541. The smallest absolute Gasteiger partial charge is 0.238 e. The first-order valence-electron chi connectivity index (χ1n) is 7.57. The van der Waals surface area contributed by atoms with E-state index in [0.717, 1.165) is 25.8 Å². The predicted octanol–water partition coefficient (Wildman–Crippen LogP) is 2.39. The highest BCUT2D eigenvalue weighted by atomic mass is 19.1. The third-order valence-electron chi connectivity index (χ3n) is 3.98. The van der Waals surface area contributed by atoms with Gasteiger partial charge in [-0.25, -0.2) is 4.39 Å². The Morgan fingerprint density at radius 3 is 3.05 bits per heavy atom. The second kappa shape index (κ2) is 7.52. The minimum absolute atomic E-state index is 0.0435. The minimum atomic E-state index is -0.396. The summed E-state index contributed by atoms with van der Waals surface area (Å²) in [5, 5.41) is 12.8. The Morgan fingerprint density at radius 1 is 1.52 bits per heavy atom. The largest absolute Gasteiger partial charge is 0.392 e. The molecule has 0 spiro atoms. The van der Waals surface area contributed by atoms with Crippen molar-refractivity contribution in [3.05, 3.63) is 30.1 Å². The maximum absolute atomic E-state index is 13.1. The summed E-state index contributed by atoms with van der Waals surface area (Å²) in [6, 6.07) is 5.91. The Labute approximate surface area is 125 Å². The fourth-order valence-electron chi connectivity index (χ4n) is 2.87. The van der Waals surface area contributed by atoms with Crippen molar-refractivity contribution < 1.29 is 14.3 Å². The molecule has 0 aromatic heterocycles. The number of piperidine rings is 1. The molecule has 1 aliphatic rings. The van der Waals surface area contributed by atoms with Gasteiger partial charge < -0.3 is 10.4 Å². The third-order valence-corrected chi connectivity index (χ3v) is 3.98. The van der Waals surface area contributed by atoms with Gasteiger partial charge in [0.1, 0.15) is 5.82 Å². The Morgan fingerprint density at radius 2 is 2.33 bits per heavy atom. The van der Waals surface area contributed by atoms with Crippen molar-refractivity contribution in [2.24, 2.45) is 0 Å². The molecule has 1 aromatic carbocycles. The van der Waals surface area contributed by atoms with E-state index in [1.807, 2.05) is 11.8 Å². The van der Waals surface area contributed by atoms with E-state index < -0.39 is 6.10 Å². The molecule has 0 radical (unpaired) electrons. The molecule has 116 valence electrons. The average Bonchev–Trinajstić information content (AvgIpc) is 2.47.